The molecule has 0 radical (unpaired) electrons. The van der Waals surface area contributed by atoms with Crippen LogP contribution < -0.4 is 0 Å². The summed E-state index contributed by atoms with van der Waals surface area (Å²) in [6.07, 6.45) is 1.29. The van der Waals surface area contributed by atoms with Gasteiger partial charge in [-0.15, -0.1) is 0 Å². The topological polar surface area (TPSA) is 60.1 Å². The summed E-state index contributed by atoms with van der Waals surface area (Å²) in [6.45, 7) is 1.05. The van der Waals surface area contributed by atoms with E-state index in [4.69, 9.17) is 12.2 Å². The third-order valence-corrected chi connectivity index (χ3v) is 6.97. The molecular formula is C17H23FN4O2S2. The summed E-state index contributed by atoms with van der Waals surface area (Å²) in [5.74, 6) is 1.15. The first-order valence-corrected chi connectivity index (χ1v) is 10.7. The Morgan fingerprint density at radius 3 is 2.85 bits per heavy atom. The molecule has 0 aliphatic carbocycles. The Morgan fingerprint density at radius 1 is 1.42 bits per heavy atom. The van der Waals surface area contributed by atoms with Gasteiger partial charge < -0.3 is 4.57 Å². The first kappa shape index (κ1) is 19.2. The number of benzene rings is 1. The van der Waals surface area contributed by atoms with Crippen LogP contribution in [0.1, 0.15) is 17.8 Å². The van der Waals surface area contributed by atoms with E-state index in [1.165, 1.54) is 12.1 Å². The van der Waals surface area contributed by atoms with E-state index in [9.17, 15) is 12.8 Å². The summed E-state index contributed by atoms with van der Waals surface area (Å²) in [7, 11) is 0.882. The predicted octanol–water partition coefficient (Wildman–Crippen LogP) is 2.16. The minimum atomic E-state index is -2.90. The summed E-state index contributed by atoms with van der Waals surface area (Å²) in [5.41, 5.74) is 0.881. The molecule has 1 aromatic heterocycles. The van der Waals surface area contributed by atoms with Crippen LogP contribution in [0.15, 0.2) is 24.3 Å². The number of nitrogens with zero attached hydrogens (tertiary/aromatic N) is 4. The van der Waals surface area contributed by atoms with Gasteiger partial charge in [-0.1, -0.05) is 12.1 Å². The fraction of sp³-hybridized carbons (Fsp3) is 0.529. The molecule has 0 saturated carbocycles. The third kappa shape index (κ3) is 4.57. The molecule has 1 aromatic carbocycles. The maximum atomic E-state index is 13.3. The lowest BCUT2D eigenvalue weighted by Gasteiger charge is -2.16. The largest absolute Gasteiger partial charge is 0.307 e. The highest BCUT2D eigenvalue weighted by molar-refractivity contribution is 7.91. The Balaban J connectivity index is 1.68. The van der Waals surface area contributed by atoms with Gasteiger partial charge >= 0.3 is 0 Å². The Bertz CT molecular complexity index is 952. The van der Waals surface area contributed by atoms with E-state index in [1.807, 2.05) is 29.6 Å². The molecular weight excluding hydrogens is 375 g/mol. The zero-order valence-electron chi connectivity index (χ0n) is 14.9. The molecule has 1 aliphatic rings. The predicted molar refractivity (Wildman–Crippen MR) is 100 cm³/mol. The summed E-state index contributed by atoms with van der Waals surface area (Å²) in [5, 5.41) is 4.58. The maximum Gasteiger partial charge on any atom is 0.198 e. The van der Waals surface area contributed by atoms with Gasteiger partial charge in [-0.2, -0.15) is 5.10 Å². The molecule has 1 aliphatic heterocycles. The zero-order chi connectivity index (χ0) is 18.9. The van der Waals surface area contributed by atoms with Crippen LogP contribution >= 0.6 is 12.2 Å². The van der Waals surface area contributed by atoms with Crippen LogP contribution in [0.3, 0.4) is 0 Å². The smallest absolute Gasteiger partial charge is 0.198 e. The summed E-state index contributed by atoms with van der Waals surface area (Å²) in [4.78, 5) is 2.00. The first-order valence-electron chi connectivity index (χ1n) is 8.49. The number of sulfone groups is 1. The quantitative estimate of drug-likeness (QED) is 0.698. The molecule has 2 aromatic rings. The fourth-order valence-electron chi connectivity index (χ4n) is 3.32. The Labute approximate surface area is 158 Å². The molecule has 6 nitrogen and oxygen atoms in total. The van der Waals surface area contributed by atoms with Crippen molar-refractivity contribution in [3.05, 3.63) is 46.2 Å². The monoisotopic (exact) mass is 398 g/mol. The van der Waals surface area contributed by atoms with E-state index in [1.54, 1.807) is 10.7 Å². The molecule has 1 saturated heterocycles. The van der Waals surface area contributed by atoms with Gasteiger partial charge in [0.1, 0.15) is 11.6 Å². The average molecular weight is 399 g/mol. The molecule has 1 fully saturated rings. The van der Waals surface area contributed by atoms with Crippen LogP contribution in [-0.4, -0.2) is 46.2 Å². The minimum Gasteiger partial charge on any atom is -0.307 e. The highest BCUT2D eigenvalue weighted by Gasteiger charge is 2.29. The molecule has 142 valence electrons. The van der Waals surface area contributed by atoms with Crippen molar-refractivity contribution < 1.29 is 12.8 Å². The zero-order valence-corrected chi connectivity index (χ0v) is 16.6. The van der Waals surface area contributed by atoms with Crippen molar-refractivity contribution in [1.82, 2.24) is 19.2 Å². The lowest BCUT2D eigenvalue weighted by atomic mass is 10.1. The van der Waals surface area contributed by atoms with Gasteiger partial charge in [-0.05, 0) is 49.3 Å². The second kappa shape index (κ2) is 7.58. The lowest BCUT2D eigenvalue weighted by Crippen LogP contribution is -2.22. The Morgan fingerprint density at radius 2 is 2.19 bits per heavy atom. The Kier molecular flexibility index (Phi) is 5.59. The molecule has 0 spiro atoms. The fourth-order valence-corrected chi connectivity index (χ4v) is 5.39. The van der Waals surface area contributed by atoms with Crippen LogP contribution in [0, 0.1) is 16.5 Å². The van der Waals surface area contributed by atoms with Crippen molar-refractivity contribution in [2.24, 2.45) is 13.0 Å². The molecule has 3 rings (SSSR count). The van der Waals surface area contributed by atoms with Gasteiger partial charge in [0.05, 0.1) is 18.2 Å². The van der Waals surface area contributed by atoms with Crippen molar-refractivity contribution in [2.45, 2.75) is 26.1 Å². The summed E-state index contributed by atoms with van der Waals surface area (Å²) >= 11 is 5.46. The SMILES string of the molecule is CN(Cc1cccc(F)c1)Cn1nc(C[C@@H]2CCS(=O)(=O)C2)n(C)c1=S. The van der Waals surface area contributed by atoms with Crippen molar-refractivity contribution >= 4 is 22.1 Å². The van der Waals surface area contributed by atoms with Crippen LogP contribution in [0.25, 0.3) is 0 Å². The highest BCUT2D eigenvalue weighted by Crippen LogP contribution is 2.22. The number of halogens is 1. The van der Waals surface area contributed by atoms with Gasteiger partial charge in [-0.3, -0.25) is 4.90 Å². The van der Waals surface area contributed by atoms with Gasteiger partial charge in [0, 0.05) is 20.0 Å². The molecule has 0 amide bonds. The van der Waals surface area contributed by atoms with Crippen LogP contribution in [-0.2, 0) is 36.5 Å². The van der Waals surface area contributed by atoms with Crippen molar-refractivity contribution in [2.75, 3.05) is 18.6 Å². The van der Waals surface area contributed by atoms with Gasteiger partial charge in [0.25, 0.3) is 0 Å². The van der Waals surface area contributed by atoms with Crippen LogP contribution in [0.2, 0.25) is 0 Å². The molecule has 0 N–H and O–H groups in total. The van der Waals surface area contributed by atoms with E-state index >= 15 is 0 Å². The van der Waals surface area contributed by atoms with Crippen molar-refractivity contribution in [3.8, 4) is 0 Å². The second-order valence-corrected chi connectivity index (χ2v) is 9.61. The van der Waals surface area contributed by atoms with E-state index < -0.39 is 9.84 Å². The van der Waals surface area contributed by atoms with Crippen LogP contribution in [0.5, 0.6) is 0 Å². The molecule has 0 unspecified atom stereocenters. The average Bonchev–Trinajstić information content (AvgIpc) is 3.02. The maximum absolute atomic E-state index is 13.3. The van der Waals surface area contributed by atoms with Crippen molar-refractivity contribution in [1.29, 1.82) is 0 Å². The molecule has 0 bridgehead atoms. The third-order valence-electron chi connectivity index (χ3n) is 4.65. The molecule has 2 heterocycles. The Hall–Kier alpha value is -1.58. The minimum absolute atomic E-state index is 0.106. The first-order chi connectivity index (χ1) is 12.2. The number of hydrogen-bond donors (Lipinski definition) is 0. The molecule has 26 heavy (non-hydrogen) atoms. The second-order valence-electron chi connectivity index (χ2n) is 7.02. The van der Waals surface area contributed by atoms with E-state index in [0.29, 0.717) is 30.8 Å². The van der Waals surface area contributed by atoms with Gasteiger partial charge in [0.2, 0.25) is 0 Å². The number of hydrogen-bond acceptors (Lipinski definition) is 5. The van der Waals surface area contributed by atoms with Crippen molar-refractivity contribution in [3.63, 3.8) is 0 Å². The normalized spacial score (nSPS) is 19.3. The van der Waals surface area contributed by atoms with E-state index in [2.05, 4.69) is 5.10 Å². The number of aromatic nitrogens is 3. The summed E-state index contributed by atoms with van der Waals surface area (Å²) in [6, 6.07) is 6.51. The van der Waals surface area contributed by atoms with E-state index in [-0.39, 0.29) is 23.2 Å². The molecule has 9 heteroatoms. The highest BCUT2D eigenvalue weighted by atomic mass is 32.2. The van der Waals surface area contributed by atoms with Gasteiger partial charge in [-0.25, -0.2) is 17.5 Å². The van der Waals surface area contributed by atoms with Crippen LogP contribution in [0.4, 0.5) is 4.39 Å². The lowest BCUT2D eigenvalue weighted by molar-refractivity contribution is 0.243. The number of rotatable bonds is 6. The summed E-state index contributed by atoms with van der Waals surface area (Å²) < 4.78 is 40.8. The molecule has 1 atom stereocenters. The standard InChI is InChI=1S/C17H23FN4O2S2/c1-20(10-13-4-3-5-15(18)8-13)12-22-17(25)21(2)16(19-22)9-14-6-7-26(23,24)11-14/h3-5,8,14H,6-7,9-12H2,1-2H3/t14-/m0/s1. The van der Waals surface area contributed by atoms with E-state index in [0.717, 1.165) is 11.4 Å². The van der Waals surface area contributed by atoms with Gasteiger partial charge in [0.15, 0.2) is 14.6 Å².